The number of aliphatic carboxylic acids is 1. The van der Waals surface area contributed by atoms with Gasteiger partial charge in [0.05, 0.1) is 18.1 Å². The fourth-order valence-corrected chi connectivity index (χ4v) is 15.2. The van der Waals surface area contributed by atoms with Gasteiger partial charge in [0, 0.05) is 80.2 Å². The van der Waals surface area contributed by atoms with E-state index in [0.29, 0.717) is 42.9 Å². The van der Waals surface area contributed by atoms with Gasteiger partial charge in [-0.1, -0.05) is 59.6 Å². The number of aromatic nitrogens is 6. The first-order valence-corrected chi connectivity index (χ1v) is 31.1. The minimum Gasteiger partial charge on any atom is -0.479 e. The summed E-state index contributed by atoms with van der Waals surface area (Å²) in [5.74, 6) is -5.38. The molecule has 2 saturated heterocycles. The highest BCUT2D eigenvalue weighted by Gasteiger charge is 2.56. The van der Waals surface area contributed by atoms with Crippen LogP contribution in [0.3, 0.4) is 0 Å². The first kappa shape index (κ1) is 64.5. The molecule has 88 heavy (non-hydrogen) atoms. The van der Waals surface area contributed by atoms with E-state index in [-0.39, 0.29) is 46.3 Å². The van der Waals surface area contributed by atoms with E-state index in [1.165, 1.54) is 43.9 Å². The van der Waals surface area contributed by atoms with Crippen molar-refractivity contribution in [1.82, 2.24) is 37.3 Å². The number of benzene rings is 2. The van der Waals surface area contributed by atoms with Crippen LogP contribution < -0.4 is 10.6 Å². The third kappa shape index (κ3) is 13.1. The van der Waals surface area contributed by atoms with Crippen molar-refractivity contribution in [3.63, 3.8) is 0 Å². The second-order valence-corrected chi connectivity index (χ2v) is 25.0. The molecule has 2 amide bonds. The Morgan fingerprint density at radius 3 is 1.49 bits per heavy atom. The number of halogens is 2. The average Bonchev–Trinajstić information content (AvgIpc) is 1.61. The number of aliphatic hydroxyl groups is 3. The lowest BCUT2D eigenvalue weighted by Gasteiger charge is -2.42. The second kappa shape index (κ2) is 26.4. The van der Waals surface area contributed by atoms with Crippen molar-refractivity contribution >= 4 is 140 Å². The Kier molecular flexibility index (Phi) is 19.3. The number of rotatable bonds is 17. The number of amides is 2. The van der Waals surface area contributed by atoms with Gasteiger partial charge in [-0.3, -0.25) is 23.2 Å². The number of carbonyl (C=O) groups excluding carboxylic acids is 6. The van der Waals surface area contributed by atoms with Crippen LogP contribution in [0.2, 0.25) is 10.3 Å². The number of fused-ring (bicyclic) bond motifs is 4. The predicted molar refractivity (Wildman–Crippen MR) is 303 cm³/mol. The number of carboxylic acid groups (broad SMARTS) is 1. The van der Waals surface area contributed by atoms with E-state index in [4.69, 9.17) is 66.2 Å². The average molecular weight is 1340 g/mol. The maximum atomic E-state index is 13.8. The summed E-state index contributed by atoms with van der Waals surface area (Å²) in [6, 6.07) is 13.5. The van der Waals surface area contributed by atoms with E-state index in [1.54, 1.807) is 71.7 Å². The highest BCUT2D eigenvalue weighted by molar-refractivity contribution is 7.90. The molecule has 2 aliphatic heterocycles. The van der Waals surface area contributed by atoms with Crippen molar-refractivity contribution in [3.05, 3.63) is 106 Å². The Morgan fingerprint density at radius 1 is 0.602 bits per heavy atom. The summed E-state index contributed by atoms with van der Waals surface area (Å²) >= 11 is 14.9. The van der Waals surface area contributed by atoms with Crippen LogP contribution in [0.15, 0.2) is 94.1 Å². The number of imidazole rings is 2. The Morgan fingerprint density at radius 2 is 1.03 bits per heavy atom. The molecule has 37 heteroatoms. The number of nitrogens with zero attached hydrogens (tertiary/aromatic N) is 6. The van der Waals surface area contributed by atoms with E-state index in [2.05, 4.69) is 20.6 Å². The number of para-hydroxylation sites is 2. The molecule has 10 rings (SSSR count). The Balaban J connectivity index is 0.000000215. The molecular formula is C51H50Cl2N8O23S4. The second-order valence-electron chi connectivity index (χ2n) is 19.0. The molecule has 0 radical (unpaired) electrons. The van der Waals surface area contributed by atoms with Crippen LogP contribution in [0.1, 0.15) is 31.9 Å². The molecule has 2 aliphatic rings. The van der Waals surface area contributed by atoms with Crippen LogP contribution in [0.4, 0.5) is 9.59 Å². The molecule has 2 aromatic carbocycles. The van der Waals surface area contributed by atoms with Crippen molar-refractivity contribution in [2.24, 2.45) is 0 Å². The number of aliphatic hydroxyl groups excluding tert-OH is 3. The first-order chi connectivity index (χ1) is 41.7. The SMILES string of the molecule is COC(=O)C1OC(OC(=O)NCCc2cn(S(=O)(=O)c3c(Cl)nc4sccn34)c3ccccc23)C(OC(C)=O)C(OC(C)=O)C1OC(C)=O.O=C(NCCc1cn(S(=O)(=O)c2c(Cl)nc3sccn23)c2ccccc12)OC1OC(C(=O)O)C(O)C(O)C1O. The molecular weight excluding hydrogens is 1290 g/mol. The molecule has 6 aromatic heterocycles. The van der Waals surface area contributed by atoms with E-state index in [9.17, 15) is 65.7 Å². The maximum Gasteiger partial charge on any atom is 0.409 e. The topological polar surface area (TPSA) is 411 Å². The fraction of sp³-hybridized carbons (Fsp3) is 0.353. The summed E-state index contributed by atoms with van der Waals surface area (Å²) < 4.78 is 101. The summed E-state index contributed by atoms with van der Waals surface area (Å²) in [7, 11) is -7.38. The zero-order valence-corrected chi connectivity index (χ0v) is 50.6. The lowest BCUT2D eigenvalue weighted by Crippen LogP contribution is -2.64. The molecule has 8 heterocycles. The minimum atomic E-state index is -4.23. The normalized spacial score (nSPS) is 22.1. The number of ether oxygens (including phenoxy) is 8. The number of carbonyl (C=O) groups is 7. The van der Waals surface area contributed by atoms with Gasteiger partial charge in [0.15, 0.2) is 44.6 Å². The van der Waals surface area contributed by atoms with Crippen LogP contribution in [0.25, 0.3) is 31.7 Å². The number of esters is 4. The summed E-state index contributed by atoms with van der Waals surface area (Å²) in [4.78, 5) is 94.0. The number of carboxylic acids is 1. The van der Waals surface area contributed by atoms with Crippen LogP contribution in [-0.2, 0) is 94.8 Å². The Hall–Kier alpha value is -7.97. The number of hydrogen-bond donors (Lipinski definition) is 6. The Labute approximate surface area is 513 Å². The number of thiazole rings is 2. The molecule has 0 spiro atoms. The Bertz CT molecular complexity index is 4240. The third-order valence-electron chi connectivity index (χ3n) is 13.3. The van der Waals surface area contributed by atoms with E-state index in [0.717, 1.165) is 35.8 Å². The largest absolute Gasteiger partial charge is 0.479 e. The molecule has 0 saturated carbocycles. The quantitative estimate of drug-likeness (QED) is 0.0563. The molecule has 10 atom stereocenters. The smallest absolute Gasteiger partial charge is 0.409 e. The van der Waals surface area contributed by atoms with Crippen LogP contribution in [0.5, 0.6) is 0 Å². The van der Waals surface area contributed by atoms with Crippen LogP contribution >= 0.6 is 45.9 Å². The van der Waals surface area contributed by atoms with Gasteiger partial charge >= 0.3 is 42.0 Å². The van der Waals surface area contributed by atoms with Gasteiger partial charge in [-0.05, 0) is 36.1 Å². The van der Waals surface area contributed by atoms with Crippen molar-refractivity contribution < 1.29 is 109 Å². The molecule has 2 fully saturated rings. The zero-order chi connectivity index (χ0) is 63.7. The predicted octanol–water partition coefficient (Wildman–Crippen LogP) is 2.60. The van der Waals surface area contributed by atoms with E-state index < -0.39 is 123 Å². The molecule has 8 aromatic rings. The van der Waals surface area contributed by atoms with Gasteiger partial charge in [0.25, 0.3) is 20.0 Å². The highest BCUT2D eigenvalue weighted by atomic mass is 35.5. The van der Waals surface area contributed by atoms with E-state index in [1.807, 2.05) is 0 Å². The van der Waals surface area contributed by atoms with Gasteiger partial charge in [0.1, 0.15) is 18.3 Å². The minimum absolute atomic E-state index is 0.0501. The van der Waals surface area contributed by atoms with Gasteiger partial charge in [-0.25, -0.2) is 37.1 Å². The van der Waals surface area contributed by atoms with Gasteiger partial charge in [-0.2, -0.15) is 16.8 Å². The number of methoxy groups -OCH3 is 1. The third-order valence-corrected chi connectivity index (χ3v) is 19.0. The molecule has 0 bridgehead atoms. The number of hydrogen-bond acceptors (Lipinski definition) is 26. The maximum absolute atomic E-state index is 13.8. The molecule has 0 aliphatic carbocycles. The fourth-order valence-electron chi connectivity index (χ4n) is 9.57. The first-order valence-electron chi connectivity index (χ1n) is 25.7. The molecule has 10 unspecified atom stereocenters. The summed E-state index contributed by atoms with van der Waals surface area (Å²) in [6.45, 7) is 2.93. The monoisotopic (exact) mass is 1340 g/mol. The summed E-state index contributed by atoms with van der Waals surface area (Å²) in [5, 5.41) is 47.4. The van der Waals surface area contributed by atoms with Crippen molar-refractivity contribution in [2.75, 3.05) is 20.2 Å². The molecule has 470 valence electrons. The van der Waals surface area contributed by atoms with Crippen LogP contribution in [-0.4, -0.2) is 188 Å². The van der Waals surface area contributed by atoms with Gasteiger partial charge < -0.3 is 69.0 Å². The van der Waals surface area contributed by atoms with E-state index >= 15 is 0 Å². The lowest BCUT2D eigenvalue weighted by molar-refractivity contribution is -0.288. The van der Waals surface area contributed by atoms with Crippen LogP contribution in [0, 0.1) is 0 Å². The molecule has 6 N–H and O–H groups in total. The van der Waals surface area contributed by atoms with Crippen molar-refractivity contribution in [2.45, 2.75) is 105 Å². The van der Waals surface area contributed by atoms with Crippen molar-refractivity contribution in [1.29, 1.82) is 0 Å². The number of nitrogens with one attached hydrogen (secondary N) is 2. The summed E-state index contributed by atoms with van der Waals surface area (Å²) in [6.07, 6.45) is -14.1. The molecule has 31 nitrogen and oxygen atoms in total. The van der Waals surface area contributed by atoms with Crippen molar-refractivity contribution in [3.8, 4) is 0 Å². The lowest BCUT2D eigenvalue weighted by atomic mass is 9.97. The van der Waals surface area contributed by atoms with Gasteiger partial charge in [-0.15, -0.1) is 22.7 Å². The van der Waals surface area contributed by atoms with Gasteiger partial charge in [0.2, 0.25) is 28.7 Å². The highest BCUT2D eigenvalue weighted by Crippen LogP contribution is 2.35. The summed E-state index contributed by atoms with van der Waals surface area (Å²) in [5.41, 5.74) is 1.84. The number of alkyl carbamates (subject to hydrolysis) is 2. The standard InChI is InChI=1S/C29H29ClN4O13S2.C22H21ClN4O10S2/c1-14(35)43-20-21(44-15(2)36)23(45-16(3)37)27(46-22(20)26(38)42-4)47-29(39)31-10-9-17-13-34(19-8-6-5-7-18(17)19)49(40,41)25-24(30)32-28-33(25)11-12-48-28;23-17-18(26-7-8-38-21(26)25-17)39(34,35)27-9-10(11-3-1-2-4-12(11)27)5-6-24-22(33)37-20-15(30)13(28)14(29)16(36-20)19(31)32/h5-8,11-13,20-23,27H,9-10H2,1-4H3,(H,31,39);1-4,7-9,13-16,20,28-30H,5-6H2,(H,24,33)(H,31,32). The zero-order valence-electron chi connectivity index (χ0n) is 45.8.